The summed E-state index contributed by atoms with van der Waals surface area (Å²) in [5.41, 5.74) is 4.80. The van der Waals surface area contributed by atoms with Crippen LogP contribution in [0.4, 0.5) is 5.69 Å². The average molecular weight is 364 g/mol. The normalized spacial score (nSPS) is 18.9. The van der Waals surface area contributed by atoms with Crippen molar-refractivity contribution in [2.45, 2.75) is 40.2 Å². The van der Waals surface area contributed by atoms with Crippen molar-refractivity contribution in [1.29, 1.82) is 0 Å². The molecular weight excluding hydrogens is 337 g/mol. The molecule has 1 aromatic carbocycles. The van der Waals surface area contributed by atoms with E-state index >= 15 is 0 Å². The molecule has 1 saturated heterocycles. The smallest absolute Gasteiger partial charge is 0.285 e. The van der Waals surface area contributed by atoms with Gasteiger partial charge in [-0.3, -0.25) is 4.79 Å². The van der Waals surface area contributed by atoms with Gasteiger partial charge in [0.25, 0.3) is 5.91 Å². The van der Waals surface area contributed by atoms with Crippen molar-refractivity contribution in [2.75, 3.05) is 32.1 Å². The van der Waals surface area contributed by atoms with Gasteiger partial charge in [-0.1, -0.05) is 17.7 Å². The summed E-state index contributed by atoms with van der Waals surface area (Å²) in [6.45, 7) is 10.3. The molecule has 1 heterocycles. The van der Waals surface area contributed by atoms with Gasteiger partial charge in [-0.25, -0.2) is 0 Å². The third-order valence-corrected chi connectivity index (χ3v) is 4.74. The van der Waals surface area contributed by atoms with E-state index in [2.05, 4.69) is 53.9 Å². The minimum Gasteiger partial charge on any atom is -0.318 e. The van der Waals surface area contributed by atoms with Gasteiger partial charge in [0.2, 0.25) is 0 Å². The molecule has 1 fully saturated rings. The Morgan fingerprint density at radius 2 is 1.71 bits per heavy atom. The number of nitrogens with zero attached hydrogens (tertiary/aromatic N) is 2. The third-order valence-electron chi connectivity index (χ3n) is 4.74. The van der Waals surface area contributed by atoms with Gasteiger partial charge in [0.15, 0.2) is 6.04 Å². The van der Waals surface area contributed by atoms with E-state index in [4.69, 9.17) is 0 Å². The summed E-state index contributed by atoms with van der Waals surface area (Å²) in [7, 11) is 4.31. The summed E-state index contributed by atoms with van der Waals surface area (Å²) in [5.74, 6) is 0.284. The fraction of sp³-hybridized carbons (Fsp3) is 0.588. The van der Waals surface area contributed by atoms with Crippen molar-refractivity contribution in [3.05, 3.63) is 28.8 Å². The molecule has 0 aromatic heterocycles. The number of aryl methyl sites for hydroxylation is 3. The second-order valence-electron chi connectivity index (χ2n) is 6.64. The molecular formula is C17H27N2OY+. The van der Waals surface area contributed by atoms with E-state index in [9.17, 15) is 4.79 Å². The number of hydrogen-bond donors (Lipinski definition) is 0. The van der Waals surface area contributed by atoms with Crippen molar-refractivity contribution in [1.82, 2.24) is 0 Å². The summed E-state index contributed by atoms with van der Waals surface area (Å²) in [6.07, 6.45) is 0.951. The number of amides is 1. The summed E-state index contributed by atoms with van der Waals surface area (Å²) in [5, 5.41) is 0. The van der Waals surface area contributed by atoms with E-state index in [0.717, 1.165) is 29.7 Å². The molecule has 3 nitrogen and oxygen atoms in total. The number of quaternary nitrogens is 1. The Morgan fingerprint density at radius 1 is 1.19 bits per heavy atom. The van der Waals surface area contributed by atoms with Crippen LogP contribution < -0.4 is 4.90 Å². The molecule has 1 aliphatic heterocycles. The van der Waals surface area contributed by atoms with Gasteiger partial charge in [0.1, 0.15) is 0 Å². The minimum absolute atomic E-state index is 0. The zero-order valence-electron chi connectivity index (χ0n) is 14.2. The van der Waals surface area contributed by atoms with E-state index in [-0.39, 0.29) is 44.7 Å². The fourth-order valence-corrected chi connectivity index (χ4v) is 3.35. The summed E-state index contributed by atoms with van der Waals surface area (Å²) in [6, 6.07) is 4.44. The largest absolute Gasteiger partial charge is 0.318 e. The quantitative estimate of drug-likeness (QED) is 0.756. The topological polar surface area (TPSA) is 20.3 Å². The molecule has 1 aliphatic rings. The van der Waals surface area contributed by atoms with Crippen LogP contribution in [0.2, 0.25) is 0 Å². The van der Waals surface area contributed by atoms with Crippen LogP contribution in [0.15, 0.2) is 12.1 Å². The molecule has 113 valence electrons. The second kappa shape index (κ2) is 6.89. The number of carbonyl (C=O) groups is 1. The number of anilines is 1. The van der Waals surface area contributed by atoms with Gasteiger partial charge < -0.3 is 9.38 Å². The summed E-state index contributed by atoms with van der Waals surface area (Å²) >= 11 is 0. The van der Waals surface area contributed by atoms with Crippen LogP contribution in [0.5, 0.6) is 0 Å². The van der Waals surface area contributed by atoms with Crippen molar-refractivity contribution < 1.29 is 42.0 Å². The number of likely N-dealkylation sites (N-methyl/N-ethyl adjacent to an activating group) is 1. The summed E-state index contributed by atoms with van der Waals surface area (Å²) < 4.78 is 0.777. The van der Waals surface area contributed by atoms with Crippen LogP contribution in [-0.4, -0.2) is 43.6 Å². The Bertz CT molecular complexity index is 517. The molecule has 0 spiro atoms. The number of benzene rings is 1. The molecule has 21 heavy (non-hydrogen) atoms. The van der Waals surface area contributed by atoms with Crippen molar-refractivity contribution in [3.63, 3.8) is 0 Å². The molecule has 1 unspecified atom stereocenters. The van der Waals surface area contributed by atoms with Gasteiger partial charge in [0.05, 0.1) is 20.6 Å². The van der Waals surface area contributed by atoms with Crippen LogP contribution in [0, 0.1) is 20.8 Å². The minimum atomic E-state index is 0. The van der Waals surface area contributed by atoms with Gasteiger partial charge in [-0.05, 0) is 38.8 Å². The van der Waals surface area contributed by atoms with Crippen molar-refractivity contribution in [3.8, 4) is 0 Å². The van der Waals surface area contributed by atoms with Crippen LogP contribution in [0.25, 0.3) is 0 Å². The predicted molar refractivity (Wildman–Crippen MR) is 84.1 cm³/mol. The number of rotatable bonds is 3. The molecule has 1 aromatic rings. The van der Waals surface area contributed by atoms with E-state index in [1.807, 2.05) is 4.90 Å². The number of hydrogen-bond acceptors (Lipinski definition) is 1. The Balaban J connectivity index is 0.00000220. The molecule has 0 N–H and O–H groups in total. The third kappa shape index (κ3) is 3.57. The van der Waals surface area contributed by atoms with E-state index in [1.165, 1.54) is 16.7 Å². The Hall–Kier alpha value is -0.246. The fourth-order valence-electron chi connectivity index (χ4n) is 3.35. The van der Waals surface area contributed by atoms with Gasteiger partial charge in [-0.2, -0.15) is 0 Å². The first-order chi connectivity index (χ1) is 9.27. The molecule has 0 saturated carbocycles. The van der Waals surface area contributed by atoms with Crippen LogP contribution >= 0.6 is 0 Å². The van der Waals surface area contributed by atoms with Gasteiger partial charge in [-0.15, -0.1) is 0 Å². The van der Waals surface area contributed by atoms with E-state index in [0.29, 0.717) is 0 Å². The van der Waals surface area contributed by atoms with E-state index in [1.54, 1.807) is 0 Å². The van der Waals surface area contributed by atoms with Gasteiger partial charge in [0, 0.05) is 51.4 Å². The zero-order chi connectivity index (χ0) is 15.1. The Labute approximate surface area is 154 Å². The molecule has 0 bridgehead atoms. The Kier molecular flexibility index (Phi) is 6.17. The maximum Gasteiger partial charge on any atom is 0.285 e. The monoisotopic (exact) mass is 364 g/mol. The van der Waals surface area contributed by atoms with Crippen LogP contribution in [0.3, 0.4) is 0 Å². The first-order valence-electron chi connectivity index (χ1n) is 7.50. The number of carbonyl (C=O) groups excluding carboxylic acids is 1. The standard InChI is InChI=1S/C17H27N2O.Y/c1-7-19(5,6)15-8-9-18(17(15)20)16-13(3)10-12(2)11-14(16)4;/h10-11,15H,7-9H2,1-6H3;/q+1;. The second-order valence-corrected chi connectivity index (χ2v) is 6.64. The molecule has 4 heteroatoms. The average Bonchev–Trinajstić information content (AvgIpc) is 2.71. The molecule has 2 rings (SSSR count). The van der Waals surface area contributed by atoms with Gasteiger partial charge >= 0.3 is 0 Å². The van der Waals surface area contributed by atoms with Crippen molar-refractivity contribution in [2.24, 2.45) is 0 Å². The Morgan fingerprint density at radius 3 is 2.19 bits per heavy atom. The van der Waals surface area contributed by atoms with Crippen molar-refractivity contribution >= 4 is 11.6 Å². The summed E-state index contributed by atoms with van der Waals surface area (Å²) in [4.78, 5) is 14.8. The predicted octanol–water partition coefficient (Wildman–Crippen LogP) is 2.81. The van der Waals surface area contributed by atoms with Crippen LogP contribution in [0.1, 0.15) is 30.0 Å². The zero-order valence-corrected chi connectivity index (χ0v) is 17.1. The molecule has 1 amide bonds. The van der Waals surface area contributed by atoms with E-state index < -0.39 is 0 Å². The molecule has 0 aliphatic carbocycles. The first-order valence-corrected chi connectivity index (χ1v) is 7.50. The SMILES string of the molecule is CC[N+](C)(C)C1CCN(c2c(C)cc(C)cc2C)C1=O.[Y]. The maximum atomic E-state index is 12.8. The first kappa shape index (κ1) is 18.8. The maximum absolute atomic E-state index is 12.8. The molecule has 1 atom stereocenters. The van der Waals surface area contributed by atoms with Crippen LogP contribution in [-0.2, 0) is 37.5 Å². The molecule has 1 radical (unpaired) electrons.